The maximum atomic E-state index is 13.2. The molecule has 2 aliphatic rings. The van der Waals surface area contributed by atoms with Gasteiger partial charge in [0.05, 0.1) is 5.56 Å². The summed E-state index contributed by atoms with van der Waals surface area (Å²) in [6.07, 6.45) is 4.67. The quantitative estimate of drug-likeness (QED) is 0.754. The second-order valence-electron chi connectivity index (χ2n) is 8.59. The van der Waals surface area contributed by atoms with Crippen LogP contribution in [0.3, 0.4) is 0 Å². The van der Waals surface area contributed by atoms with E-state index in [2.05, 4.69) is 5.32 Å². The van der Waals surface area contributed by atoms with Crippen LogP contribution in [-0.2, 0) is 0 Å². The summed E-state index contributed by atoms with van der Waals surface area (Å²) < 4.78 is 0. The molecule has 0 radical (unpaired) electrons. The number of piperidine rings is 1. The first kappa shape index (κ1) is 19.8. The first-order valence-corrected chi connectivity index (χ1v) is 10.8. The van der Waals surface area contributed by atoms with Gasteiger partial charge in [0.1, 0.15) is 0 Å². The smallest absolute Gasteiger partial charge is 0.254 e. The predicted octanol–water partition coefficient (Wildman–Crippen LogP) is 4.14. The van der Waals surface area contributed by atoms with Crippen molar-refractivity contribution in [3.05, 3.63) is 70.3 Å². The molecule has 0 spiro atoms. The summed E-state index contributed by atoms with van der Waals surface area (Å²) in [5.41, 5.74) is 3.88. The van der Waals surface area contributed by atoms with Gasteiger partial charge in [-0.15, -0.1) is 0 Å². The van der Waals surface area contributed by atoms with Crippen molar-refractivity contribution < 1.29 is 9.59 Å². The number of aryl methyl sites for hydroxylation is 2. The zero-order valence-corrected chi connectivity index (χ0v) is 17.4. The van der Waals surface area contributed by atoms with Crippen molar-refractivity contribution in [2.75, 3.05) is 19.6 Å². The minimum Gasteiger partial charge on any atom is -0.339 e. The Morgan fingerprint density at radius 3 is 2.28 bits per heavy atom. The van der Waals surface area contributed by atoms with Gasteiger partial charge in [-0.25, -0.2) is 0 Å². The second-order valence-corrected chi connectivity index (χ2v) is 8.59. The van der Waals surface area contributed by atoms with Crippen molar-refractivity contribution in [3.8, 4) is 0 Å². The fourth-order valence-electron chi connectivity index (χ4n) is 4.02. The summed E-state index contributed by atoms with van der Waals surface area (Å²) in [6, 6.07) is 13.5. The van der Waals surface area contributed by atoms with Gasteiger partial charge >= 0.3 is 0 Å². The van der Waals surface area contributed by atoms with Gasteiger partial charge in [0, 0.05) is 30.3 Å². The molecule has 1 N–H and O–H groups in total. The average molecular weight is 391 g/mol. The molecule has 1 saturated heterocycles. The number of amides is 1. The van der Waals surface area contributed by atoms with Crippen LogP contribution >= 0.6 is 0 Å². The van der Waals surface area contributed by atoms with E-state index in [1.807, 2.05) is 49.1 Å². The number of rotatable bonds is 6. The Bertz CT molecular complexity index is 909. The van der Waals surface area contributed by atoms with Gasteiger partial charge in [-0.05, 0) is 75.3 Å². The maximum Gasteiger partial charge on any atom is 0.254 e. The lowest BCUT2D eigenvalue weighted by atomic mass is 9.95. The fraction of sp³-hybridized carbons (Fsp3) is 0.440. The first-order chi connectivity index (χ1) is 14.0. The van der Waals surface area contributed by atoms with E-state index >= 15 is 0 Å². The molecule has 1 aliphatic carbocycles. The summed E-state index contributed by atoms with van der Waals surface area (Å²) in [4.78, 5) is 28.3. The lowest BCUT2D eigenvalue weighted by Crippen LogP contribution is -2.45. The molecule has 1 aliphatic heterocycles. The van der Waals surface area contributed by atoms with Crippen molar-refractivity contribution in [3.63, 3.8) is 0 Å². The van der Waals surface area contributed by atoms with Crippen molar-refractivity contribution in [2.24, 2.45) is 5.92 Å². The van der Waals surface area contributed by atoms with E-state index in [0.717, 1.165) is 49.5 Å². The third kappa shape index (κ3) is 4.59. The second kappa shape index (κ2) is 8.50. The van der Waals surface area contributed by atoms with Crippen LogP contribution in [-0.4, -0.2) is 42.3 Å². The molecule has 4 heteroatoms. The molecular weight excluding hydrogens is 360 g/mol. The SMILES string of the molecule is Cc1ccc(C(=O)c2ccccc2C(=O)N2CCC(NCC3CC3)CC2)cc1C. The van der Waals surface area contributed by atoms with E-state index in [-0.39, 0.29) is 11.7 Å². The molecule has 29 heavy (non-hydrogen) atoms. The normalized spacial score (nSPS) is 17.4. The van der Waals surface area contributed by atoms with Crippen LogP contribution in [0, 0.1) is 19.8 Å². The molecule has 0 unspecified atom stereocenters. The highest BCUT2D eigenvalue weighted by atomic mass is 16.2. The Hall–Kier alpha value is -2.46. The third-order valence-electron chi connectivity index (χ3n) is 6.35. The molecule has 0 bridgehead atoms. The number of nitrogens with one attached hydrogen (secondary N) is 1. The van der Waals surface area contributed by atoms with Gasteiger partial charge in [0.15, 0.2) is 5.78 Å². The topological polar surface area (TPSA) is 49.4 Å². The molecule has 1 heterocycles. The molecule has 0 aromatic heterocycles. The minimum absolute atomic E-state index is 0.0292. The van der Waals surface area contributed by atoms with Crippen LogP contribution in [0.5, 0.6) is 0 Å². The third-order valence-corrected chi connectivity index (χ3v) is 6.35. The summed E-state index contributed by atoms with van der Waals surface area (Å²) in [5, 5.41) is 3.65. The Balaban J connectivity index is 1.46. The number of benzene rings is 2. The number of hydrogen-bond acceptors (Lipinski definition) is 3. The molecule has 4 rings (SSSR count). The summed E-state index contributed by atoms with van der Waals surface area (Å²) in [6.45, 7) is 6.64. The van der Waals surface area contributed by atoms with Crippen LogP contribution < -0.4 is 5.32 Å². The number of likely N-dealkylation sites (tertiary alicyclic amines) is 1. The van der Waals surface area contributed by atoms with Crippen molar-refractivity contribution in [1.29, 1.82) is 0 Å². The molecule has 4 nitrogen and oxygen atoms in total. The number of carbonyl (C=O) groups excluding carboxylic acids is 2. The van der Waals surface area contributed by atoms with Crippen LogP contribution in [0.4, 0.5) is 0 Å². The van der Waals surface area contributed by atoms with E-state index < -0.39 is 0 Å². The van der Waals surface area contributed by atoms with Gasteiger partial charge in [-0.2, -0.15) is 0 Å². The van der Waals surface area contributed by atoms with E-state index in [4.69, 9.17) is 0 Å². The highest BCUT2D eigenvalue weighted by Crippen LogP contribution is 2.28. The van der Waals surface area contributed by atoms with Gasteiger partial charge in [0.25, 0.3) is 5.91 Å². The van der Waals surface area contributed by atoms with Crippen LogP contribution in [0.15, 0.2) is 42.5 Å². The average Bonchev–Trinajstić information content (AvgIpc) is 3.58. The molecule has 0 atom stereocenters. The largest absolute Gasteiger partial charge is 0.339 e. The zero-order valence-electron chi connectivity index (χ0n) is 17.4. The van der Waals surface area contributed by atoms with E-state index in [1.54, 1.807) is 12.1 Å². The van der Waals surface area contributed by atoms with E-state index in [0.29, 0.717) is 22.7 Å². The molecule has 1 saturated carbocycles. The molecule has 2 aromatic rings. The maximum absolute atomic E-state index is 13.2. The number of ketones is 1. The number of carbonyl (C=O) groups is 2. The lowest BCUT2D eigenvalue weighted by molar-refractivity contribution is 0.0701. The van der Waals surface area contributed by atoms with Crippen molar-refractivity contribution in [2.45, 2.75) is 45.6 Å². The zero-order chi connectivity index (χ0) is 20.4. The Morgan fingerprint density at radius 1 is 0.931 bits per heavy atom. The van der Waals surface area contributed by atoms with E-state index in [1.165, 1.54) is 12.8 Å². The Labute approximate surface area is 173 Å². The van der Waals surface area contributed by atoms with Crippen molar-refractivity contribution >= 4 is 11.7 Å². The Morgan fingerprint density at radius 2 is 1.62 bits per heavy atom. The highest BCUT2D eigenvalue weighted by molar-refractivity contribution is 6.15. The summed E-state index contributed by atoms with van der Waals surface area (Å²) in [5.74, 6) is 0.759. The number of hydrogen-bond donors (Lipinski definition) is 1. The monoisotopic (exact) mass is 390 g/mol. The molecule has 1 amide bonds. The van der Waals surface area contributed by atoms with Crippen LogP contribution in [0.1, 0.15) is 63.1 Å². The lowest BCUT2D eigenvalue weighted by Gasteiger charge is -2.33. The fourth-order valence-corrected chi connectivity index (χ4v) is 4.02. The van der Waals surface area contributed by atoms with Crippen LogP contribution in [0.25, 0.3) is 0 Å². The van der Waals surface area contributed by atoms with Gasteiger partial charge in [0.2, 0.25) is 0 Å². The standard InChI is InChI=1S/C25H30N2O2/c1-17-7-10-20(15-18(17)2)24(28)22-5-3-4-6-23(22)25(29)27-13-11-21(12-14-27)26-16-19-8-9-19/h3-7,10,15,19,21,26H,8-9,11-14,16H2,1-2H3. The predicted molar refractivity (Wildman–Crippen MR) is 115 cm³/mol. The van der Waals surface area contributed by atoms with Crippen LogP contribution in [0.2, 0.25) is 0 Å². The summed E-state index contributed by atoms with van der Waals surface area (Å²) >= 11 is 0. The molecular formula is C25H30N2O2. The molecule has 2 aromatic carbocycles. The van der Waals surface area contributed by atoms with E-state index in [9.17, 15) is 9.59 Å². The highest BCUT2D eigenvalue weighted by Gasteiger charge is 2.28. The van der Waals surface area contributed by atoms with Gasteiger partial charge < -0.3 is 10.2 Å². The van der Waals surface area contributed by atoms with Gasteiger partial charge in [-0.3, -0.25) is 9.59 Å². The minimum atomic E-state index is -0.0852. The van der Waals surface area contributed by atoms with Crippen molar-refractivity contribution in [1.82, 2.24) is 10.2 Å². The molecule has 2 fully saturated rings. The molecule has 152 valence electrons. The summed E-state index contributed by atoms with van der Waals surface area (Å²) in [7, 11) is 0. The first-order valence-electron chi connectivity index (χ1n) is 10.8. The number of nitrogens with zero attached hydrogens (tertiary/aromatic N) is 1. The Kier molecular flexibility index (Phi) is 5.81. The van der Waals surface area contributed by atoms with Gasteiger partial charge in [-0.1, -0.05) is 30.3 Å².